The van der Waals surface area contributed by atoms with Crippen LogP contribution in [0, 0.1) is 0 Å². The van der Waals surface area contributed by atoms with Crippen molar-refractivity contribution in [3.63, 3.8) is 0 Å². The fourth-order valence-electron chi connectivity index (χ4n) is 3.11. The number of morpholine rings is 1. The summed E-state index contributed by atoms with van der Waals surface area (Å²) >= 11 is 0. The molecule has 1 aromatic rings. The predicted molar refractivity (Wildman–Crippen MR) is 109 cm³/mol. The summed E-state index contributed by atoms with van der Waals surface area (Å²) in [7, 11) is 1.69. The maximum Gasteiger partial charge on any atom is 0.191 e. The highest BCUT2D eigenvalue weighted by atomic mass is 16.5. The van der Waals surface area contributed by atoms with Gasteiger partial charge in [0.05, 0.1) is 32.5 Å². The van der Waals surface area contributed by atoms with E-state index in [-0.39, 0.29) is 0 Å². The zero-order valence-corrected chi connectivity index (χ0v) is 16.8. The SMILES string of the molecule is CCNC(=NCC(C)(O)CN1CCOCC1)NCCc1ccccc1OC. The first-order chi connectivity index (χ1) is 13.0. The van der Waals surface area contributed by atoms with Gasteiger partial charge in [-0.25, -0.2) is 0 Å². The number of hydrogen-bond donors (Lipinski definition) is 3. The molecule has 0 amide bonds. The standard InChI is InChI=1S/C20H34N4O3/c1-4-21-19(22-10-9-17-7-5-6-8-18(17)26-3)23-15-20(2,25)16-24-11-13-27-14-12-24/h5-8,25H,4,9-16H2,1-3H3,(H2,21,22,23). The summed E-state index contributed by atoms with van der Waals surface area (Å²) in [6.07, 6.45) is 0.832. The Labute approximate surface area is 162 Å². The van der Waals surface area contributed by atoms with Crippen LogP contribution in [0.25, 0.3) is 0 Å². The lowest BCUT2D eigenvalue weighted by Crippen LogP contribution is -2.48. The molecule has 3 N–H and O–H groups in total. The van der Waals surface area contributed by atoms with E-state index >= 15 is 0 Å². The van der Waals surface area contributed by atoms with Crippen LogP contribution >= 0.6 is 0 Å². The molecule has 1 aliphatic rings. The molecule has 152 valence electrons. The van der Waals surface area contributed by atoms with E-state index in [0.29, 0.717) is 13.1 Å². The molecular weight excluding hydrogens is 344 g/mol. The van der Waals surface area contributed by atoms with Crippen molar-refractivity contribution in [2.24, 2.45) is 4.99 Å². The second-order valence-electron chi connectivity index (χ2n) is 7.07. The monoisotopic (exact) mass is 378 g/mol. The second kappa shape index (κ2) is 11.1. The lowest BCUT2D eigenvalue weighted by Gasteiger charge is -2.33. The molecule has 0 saturated carbocycles. The molecule has 2 rings (SSSR count). The summed E-state index contributed by atoms with van der Waals surface area (Å²) in [5, 5.41) is 17.3. The summed E-state index contributed by atoms with van der Waals surface area (Å²) in [4.78, 5) is 6.80. The third-order valence-corrected chi connectivity index (χ3v) is 4.47. The Hall–Kier alpha value is -1.83. The van der Waals surface area contributed by atoms with Crippen molar-refractivity contribution in [3.8, 4) is 5.75 Å². The number of para-hydroxylation sites is 1. The average molecular weight is 379 g/mol. The van der Waals surface area contributed by atoms with Crippen molar-refractivity contribution in [1.29, 1.82) is 0 Å². The normalized spacial score (nSPS) is 18.0. The number of methoxy groups -OCH3 is 1. The Morgan fingerprint density at radius 3 is 2.74 bits per heavy atom. The van der Waals surface area contributed by atoms with Gasteiger partial charge >= 0.3 is 0 Å². The van der Waals surface area contributed by atoms with Crippen molar-refractivity contribution >= 4 is 5.96 Å². The van der Waals surface area contributed by atoms with Crippen molar-refractivity contribution < 1.29 is 14.6 Å². The van der Waals surface area contributed by atoms with Crippen LogP contribution < -0.4 is 15.4 Å². The van der Waals surface area contributed by atoms with Crippen LogP contribution in [0.4, 0.5) is 0 Å². The van der Waals surface area contributed by atoms with E-state index in [1.807, 2.05) is 32.0 Å². The van der Waals surface area contributed by atoms with Crippen LogP contribution in [0.1, 0.15) is 19.4 Å². The maximum atomic E-state index is 10.7. The molecule has 7 heteroatoms. The predicted octanol–water partition coefficient (Wildman–Crippen LogP) is 0.876. The van der Waals surface area contributed by atoms with Crippen molar-refractivity contribution in [1.82, 2.24) is 15.5 Å². The van der Waals surface area contributed by atoms with Gasteiger partial charge in [-0.3, -0.25) is 9.89 Å². The summed E-state index contributed by atoms with van der Waals surface area (Å²) < 4.78 is 10.8. The van der Waals surface area contributed by atoms with E-state index in [1.54, 1.807) is 7.11 Å². The van der Waals surface area contributed by atoms with Crippen LogP contribution in [0.5, 0.6) is 5.75 Å². The molecule has 0 radical (unpaired) electrons. The van der Waals surface area contributed by atoms with Crippen LogP contribution in [-0.4, -0.2) is 81.2 Å². The molecule has 0 bridgehead atoms. The highest BCUT2D eigenvalue weighted by Crippen LogP contribution is 2.17. The van der Waals surface area contributed by atoms with E-state index in [2.05, 4.69) is 26.6 Å². The van der Waals surface area contributed by atoms with E-state index in [9.17, 15) is 5.11 Å². The van der Waals surface area contributed by atoms with Gasteiger partial charge in [-0.2, -0.15) is 0 Å². The number of nitrogens with zero attached hydrogens (tertiary/aromatic N) is 2. The lowest BCUT2D eigenvalue weighted by atomic mass is 10.1. The third-order valence-electron chi connectivity index (χ3n) is 4.47. The van der Waals surface area contributed by atoms with E-state index in [1.165, 1.54) is 0 Å². The molecule has 0 aromatic heterocycles. The number of aliphatic imine (C=N–C) groups is 1. The average Bonchev–Trinajstić information content (AvgIpc) is 2.67. The highest BCUT2D eigenvalue weighted by molar-refractivity contribution is 5.79. The summed E-state index contributed by atoms with van der Waals surface area (Å²) in [6.45, 7) is 9.49. The molecule has 7 nitrogen and oxygen atoms in total. The highest BCUT2D eigenvalue weighted by Gasteiger charge is 2.25. The number of aliphatic hydroxyl groups is 1. The van der Waals surface area contributed by atoms with Crippen molar-refractivity contribution in [2.45, 2.75) is 25.9 Å². The van der Waals surface area contributed by atoms with Gasteiger partial charge < -0.3 is 25.2 Å². The first-order valence-electron chi connectivity index (χ1n) is 9.70. The molecule has 1 aromatic carbocycles. The number of rotatable bonds is 9. The minimum Gasteiger partial charge on any atom is -0.496 e. The fraction of sp³-hybridized carbons (Fsp3) is 0.650. The fourth-order valence-corrected chi connectivity index (χ4v) is 3.11. The van der Waals surface area contributed by atoms with Crippen molar-refractivity contribution in [2.75, 3.05) is 59.6 Å². The third kappa shape index (κ3) is 7.74. The molecule has 0 aliphatic carbocycles. The van der Waals surface area contributed by atoms with Crippen LogP contribution in [-0.2, 0) is 11.2 Å². The summed E-state index contributed by atoms with van der Waals surface area (Å²) in [5.74, 6) is 1.62. The Morgan fingerprint density at radius 2 is 2.04 bits per heavy atom. The molecule has 27 heavy (non-hydrogen) atoms. The van der Waals surface area contributed by atoms with Gasteiger partial charge in [0.25, 0.3) is 0 Å². The molecule has 1 heterocycles. The number of benzene rings is 1. The number of ether oxygens (including phenoxy) is 2. The number of guanidine groups is 1. The first kappa shape index (κ1) is 21.5. The summed E-state index contributed by atoms with van der Waals surface area (Å²) in [5.41, 5.74) is 0.283. The Balaban J connectivity index is 1.85. The van der Waals surface area contributed by atoms with Crippen LogP contribution in [0.2, 0.25) is 0 Å². The zero-order chi connectivity index (χ0) is 19.5. The minimum atomic E-state index is -0.873. The number of hydrogen-bond acceptors (Lipinski definition) is 5. The second-order valence-corrected chi connectivity index (χ2v) is 7.07. The van der Waals surface area contributed by atoms with Crippen LogP contribution in [0.3, 0.4) is 0 Å². The Kier molecular flexibility index (Phi) is 8.84. The topological polar surface area (TPSA) is 78.4 Å². The van der Waals surface area contributed by atoms with Gasteiger partial charge in [-0.15, -0.1) is 0 Å². The van der Waals surface area contributed by atoms with Gasteiger partial charge in [0.1, 0.15) is 5.75 Å². The lowest BCUT2D eigenvalue weighted by molar-refractivity contribution is -0.0179. The molecule has 1 aliphatic heterocycles. The smallest absolute Gasteiger partial charge is 0.191 e. The summed E-state index contributed by atoms with van der Waals surface area (Å²) in [6, 6.07) is 8.02. The van der Waals surface area contributed by atoms with E-state index < -0.39 is 5.60 Å². The molecule has 1 saturated heterocycles. The molecule has 1 atom stereocenters. The van der Waals surface area contributed by atoms with Gasteiger partial charge in [0.15, 0.2) is 5.96 Å². The first-order valence-corrected chi connectivity index (χ1v) is 9.70. The van der Waals surface area contributed by atoms with Crippen molar-refractivity contribution in [3.05, 3.63) is 29.8 Å². The maximum absolute atomic E-state index is 10.7. The number of β-amino-alcohol motifs (C(OH)–C–C–N with tert-alkyl or cyclic N) is 1. The largest absolute Gasteiger partial charge is 0.496 e. The van der Waals surface area contributed by atoms with Gasteiger partial charge in [-0.05, 0) is 31.9 Å². The number of nitrogens with one attached hydrogen (secondary N) is 2. The molecule has 0 spiro atoms. The van der Waals surface area contributed by atoms with Gasteiger partial charge in [-0.1, -0.05) is 18.2 Å². The van der Waals surface area contributed by atoms with Crippen LogP contribution in [0.15, 0.2) is 29.3 Å². The van der Waals surface area contributed by atoms with E-state index in [4.69, 9.17) is 9.47 Å². The molecule has 1 fully saturated rings. The Bertz CT molecular complexity index is 586. The molecular formula is C20H34N4O3. The minimum absolute atomic E-state index is 0.342. The zero-order valence-electron chi connectivity index (χ0n) is 16.8. The molecule has 1 unspecified atom stereocenters. The van der Waals surface area contributed by atoms with Gasteiger partial charge in [0, 0.05) is 32.7 Å². The van der Waals surface area contributed by atoms with Gasteiger partial charge in [0.2, 0.25) is 0 Å². The quantitative estimate of drug-likeness (QED) is 0.437. The van der Waals surface area contributed by atoms with E-state index in [0.717, 1.165) is 63.1 Å². The Morgan fingerprint density at radius 1 is 1.30 bits per heavy atom.